The maximum absolute atomic E-state index is 6.10. The largest absolute Gasteiger partial charge is 0.231 e. The van der Waals surface area contributed by atoms with Crippen LogP contribution in [0.3, 0.4) is 0 Å². The van der Waals surface area contributed by atoms with Gasteiger partial charge in [0.1, 0.15) is 9.49 Å². The molecular formula is C10H6BrCl2IN2S. The van der Waals surface area contributed by atoms with E-state index in [0.717, 1.165) is 25.0 Å². The predicted octanol–water partition coefficient (Wildman–Crippen LogP) is 5.44. The molecule has 0 bridgehead atoms. The van der Waals surface area contributed by atoms with Gasteiger partial charge in [0.2, 0.25) is 0 Å². The molecule has 2 rings (SSSR count). The fourth-order valence-electron chi connectivity index (χ4n) is 1.26. The third kappa shape index (κ3) is 2.94. The highest BCUT2D eigenvalue weighted by Crippen LogP contribution is 2.37. The number of hydrogen-bond acceptors (Lipinski definition) is 3. The molecule has 0 atom stereocenters. The van der Waals surface area contributed by atoms with Gasteiger partial charge in [-0.3, -0.25) is 0 Å². The number of hydrogen-bond donors (Lipinski definition) is 0. The Kier molecular flexibility index (Phi) is 4.68. The van der Waals surface area contributed by atoms with Gasteiger partial charge in [-0.2, -0.15) is 0 Å². The number of aromatic nitrogens is 2. The van der Waals surface area contributed by atoms with Gasteiger partial charge in [-0.15, -0.1) is 11.3 Å². The Hall–Kier alpha value is 0.570. The van der Waals surface area contributed by atoms with Crippen LogP contribution in [0.15, 0.2) is 10.5 Å². The van der Waals surface area contributed by atoms with Crippen LogP contribution in [0.2, 0.25) is 9.49 Å². The molecule has 0 aliphatic rings. The summed E-state index contributed by atoms with van der Waals surface area (Å²) < 4.78 is 2.46. The number of halogens is 4. The van der Waals surface area contributed by atoms with Crippen molar-refractivity contribution in [1.82, 2.24) is 9.97 Å². The van der Waals surface area contributed by atoms with Crippen LogP contribution in [-0.2, 0) is 6.42 Å². The van der Waals surface area contributed by atoms with E-state index >= 15 is 0 Å². The summed E-state index contributed by atoms with van der Waals surface area (Å²) >= 11 is 19.1. The SMILES string of the molecule is CCc1nc(-c2cc(Br)c(Cl)s2)nc(Cl)c1I. The molecule has 0 aliphatic carbocycles. The first kappa shape index (κ1) is 14.0. The molecule has 0 radical (unpaired) electrons. The van der Waals surface area contributed by atoms with Gasteiger partial charge in [0.15, 0.2) is 5.82 Å². The maximum atomic E-state index is 6.10. The Labute approximate surface area is 135 Å². The van der Waals surface area contributed by atoms with Gasteiger partial charge in [0.25, 0.3) is 0 Å². The van der Waals surface area contributed by atoms with Crippen LogP contribution in [0.5, 0.6) is 0 Å². The first-order valence-electron chi connectivity index (χ1n) is 4.70. The molecule has 90 valence electrons. The standard InChI is InChI=1S/C10H6BrCl2IN2S/c1-2-5-7(14)8(12)16-10(15-5)6-3-4(11)9(13)17-6/h3H,2H2,1H3. The fourth-order valence-corrected chi connectivity index (χ4v) is 3.71. The molecule has 0 amide bonds. The summed E-state index contributed by atoms with van der Waals surface area (Å²) in [5.41, 5.74) is 0.959. The summed E-state index contributed by atoms with van der Waals surface area (Å²) in [5.74, 6) is 0.630. The van der Waals surface area contributed by atoms with E-state index < -0.39 is 0 Å². The van der Waals surface area contributed by atoms with Gasteiger partial charge in [0.05, 0.1) is 14.1 Å². The second-order valence-electron chi connectivity index (χ2n) is 3.18. The van der Waals surface area contributed by atoms with E-state index in [9.17, 15) is 0 Å². The molecule has 0 N–H and O–H groups in total. The lowest BCUT2D eigenvalue weighted by molar-refractivity contribution is 0.992. The minimum atomic E-state index is 0.494. The van der Waals surface area contributed by atoms with Crippen LogP contribution in [0.1, 0.15) is 12.6 Å². The minimum Gasteiger partial charge on any atom is -0.231 e. The fraction of sp³-hybridized carbons (Fsp3) is 0.200. The second kappa shape index (κ2) is 5.69. The van der Waals surface area contributed by atoms with Crippen molar-refractivity contribution in [3.8, 4) is 10.7 Å². The third-order valence-electron chi connectivity index (χ3n) is 2.08. The summed E-state index contributed by atoms with van der Waals surface area (Å²) in [6.45, 7) is 2.04. The zero-order valence-electron chi connectivity index (χ0n) is 8.60. The summed E-state index contributed by atoms with van der Waals surface area (Å²) in [6, 6.07) is 1.91. The molecule has 0 saturated heterocycles. The number of thiophene rings is 1. The smallest absolute Gasteiger partial charge is 0.171 e. The zero-order chi connectivity index (χ0) is 12.6. The quantitative estimate of drug-likeness (QED) is 0.437. The van der Waals surface area contributed by atoms with E-state index in [1.807, 2.05) is 13.0 Å². The molecule has 0 aromatic carbocycles. The van der Waals surface area contributed by atoms with Crippen molar-refractivity contribution in [2.75, 3.05) is 0 Å². The maximum Gasteiger partial charge on any atom is 0.171 e. The van der Waals surface area contributed by atoms with Crippen molar-refractivity contribution >= 4 is 73.1 Å². The molecular weight excluding hydrogens is 458 g/mol. The molecule has 0 fully saturated rings. The van der Waals surface area contributed by atoms with E-state index in [1.165, 1.54) is 11.3 Å². The topological polar surface area (TPSA) is 25.8 Å². The normalized spacial score (nSPS) is 10.9. The Morgan fingerprint density at radius 2 is 2.12 bits per heavy atom. The van der Waals surface area contributed by atoms with Crippen LogP contribution in [0.4, 0.5) is 0 Å². The summed E-state index contributed by atoms with van der Waals surface area (Å²) in [4.78, 5) is 9.70. The minimum absolute atomic E-state index is 0.494. The van der Waals surface area contributed by atoms with Gasteiger partial charge >= 0.3 is 0 Å². The van der Waals surface area contributed by atoms with Gasteiger partial charge in [-0.05, 0) is 51.0 Å². The van der Waals surface area contributed by atoms with Crippen molar-refractivity contribution in [3.05, 3.63) is 29.3 Å². The predicted molar refractivity (Wildman–Crippen MR) is 85.2 cm³/mol. The average Bonchev–Trinajstić information content (AvgIpc) is 2.63. The van der Waals surface area contributed by atoms with Crippen molar-refractivity contribution in [1.29, 1.82) is 0 Å². The first-order chi connectivity index (χ1) is 8.02. The van der Waals surface area contributed by atoms with E-state index in [2.05, 4.69) is 48.5 Å². The monoisotopic (exact) mass is 462 g/mol. The van der Waals surface area contributed by atoms with Crippen molar-refractivity contribution in [2.45, 2.75) is 13.3 Å². The highest BCUT2D eigenvalue weighted by atomic mass is 127. The van der Waals surface area contributed by atoms with Gasteiger partial charge in [-0.1, -0.05) is 30.1 Å². The summed E-state index contributed by atoms with van der Waals surface area (Å²) in [7, 11) is 0. The van der Waals surface area contributed by atoms with E-state index in [4.69, 9.17) is 23.2 Å². The Morgan fingerprint density at radius 1 is 1.41 bits per heavy atom. The molecule has 17 heavy (non-hydrogen) atoms. The Morgan fingerprint density at radius 3 is 2.65 bits per heavy atom. The van der Waals surface area contributed by atoms with Crippen molar-refractivity contribution < 1.29 is 0 Å². The van der Waals surface area contributed by atoms with Gasteiger partial charge in [-0.25, -0.2) is 9.97 Å². The van der Waals surface area contributed by atoms with Crippen molar-refractivity contribution in [2.24, 2.45) is 0 Å². The zero-order valence-corrected chi connectivity index (χ0v) is 14.7. The number of nitrogens with zero attached hydrogens (tertiary/aromatic N) is 2. The number of aryl methyl sites for hydroxylation is 1. The first-order valence-corrected chi connectivity index (χ1v) is 8.14. The van der Waals surface area contributed by atoms with E-state index in [1.54, 1.807) is 0 Å². The van der Waals surface area contributed by atoms with Crippen molar-refractivity contribution in [3.63, 3.8) is 0 Å². The van der Waals surface area contributed by atoms with E-state index in [-0.39, 0.29) is 0 Å². The molecule has 2 aromatic heterocycles. The molecule has 2 aromatic rings. The van der Waals surface area contributed by atoms with Gasteiger partial charge < -0.3 is 0 Å². The summed E-state index contributed by atoms with van der Waals surface area (Å²) in [6.07, 6.45) is 0.827. The Balaban J connectivity index is 2.56. The molecule has 0 spiro atoms. The number of rotatable bonds is 2. The average molecular weight is 464 g/mol. The summed E-state index contributed by atoms with van der Waals surface area (Å²) in [5, 5.41) is 0.494. The lowest BCUT2D eigenvalue weighted by Crippen LogP contribution is -1.98. The molecule has 7 heteroatoms. The lowest BCUT2D eigenvalue weighted by atomic mass is 10.3. The van der Waals surface area contributed by atoms with Crippen LogP contribution in [-0.4, -0.2) is 9.97 Å². The highest BCUT2D eigenvalue weighted by molar-refractivity contribution is 14.1. The van der Waals surface area contributed by atoms with Crippen LogP contribution < -0.4 is 0 Å². The molecule has 2 heterocycles. The van der Waals surface area contributed by atoms with Crippen LogP contribution >= 0.6 is 73.1 Å². The Bertz CT molecular complexity index is 554. The molecule has 0 saturated carbocycles. The van der Waals surface area contributed by atoms with Gasteiger partial charge in [0, 0.05) is 4.47 Å². The second-order valence-corrected chi connectivity index (χ2v) is 7.13. The van der Waals surface area contributed by atoms with Crippen LogP contribution in [0, 0.1) is 3.57 Å². The molecule has 2 nitrogen and oxygen atoms in total. The molecule has 0 unspecified atom stereocenters. The third-order valence-corrected chi connectivity index (χ3v) is 6.28. The van der Waals surface area contributed by atoms with Crippen LogP contribution in [0.25, 0.3) is 10.7 Å². The highest BCUT2D eigenvalue weighted by Gasteiger charge is 2.14. The lowest BCUT2D eigenvalue weighted by Gasteiger charge is -2.04. The molecule has 0 aliphatic heterocycles. The van der Waals surface area contributed by atoms with E-state index in [0.29, 0.717) is 15.3 Å².